The minimum absolute atomic E-state index is 0.217. The number of nitrogens with one attached hydrogen (secondary N) is 2. The molecule has 178 valence electrons. The average molecular weight is 480 g/mol. The van der Waals surface area contributed by atoms with Crippen molar-refractivity contribution in [3.05, 3.63) is 83.7 Å². The molecule has 1 aliphatic heterocycles. The Balaban J connectivity index is 1.34. The summed E-state index contributed by atoms with van der Waals surface area (Å²) in [4.78, 5) is 18.6. The Kier molecular flexibility index (Phi) is 7.14. The Bertz CT molecular complexity index is 1240. The SMILES string of the molecule is Cc1ccc(C)c(N2CCN(S(=O)(=O)c3ccc(NC(=O)NCc4cccnc4)cc3)CC2)c1. The van der Waals surface area contributed by atoms with Crippen molar-refractivity contribution in [2.45, 2.75) is 25.3 Å². The summed E-state index contributed by atoms with van der Waals surface area (Å²) in [6.07, 6.45) is 3.35. The second-order valence-electron chi connectivity index (χ2n) is 8.37. The van der Waals surface area contributed by atoms with Gasteiger partial charge >= 0.3 is 6.03 Å². The van der Waals surface area contributed by atoms with Crippen LogP contribution in [0.5, 0.6) is 0 Å². The molecule has 0 atom stereocenters. The van der Waals surface area contributed by atoms with Crippen molar-refractivity contribution in [1.29, 1.82) is 0 Å². The number of carbonyl (C=O) groups is 1. The summed E-state index contributed by atoms with van der Waals surface area (Å²) in [6.45, 7) is 6.61. The van der Waals surface area contributed by atoms with Crippen molar-refractivity contribution in [2.24, 2.45) is 0 Å². The summed E-state index contributed by atoms with van der Waals surface area (Å²) in [6, 6.07) is 15.9. The summed E-state index contributed by atoms with van der Waals surface area (Å²) in [5.41, 5.74) is 4.94. The van der Waals surface area contributed by atoms with Crippen LogP contribution in [0.1, 0.15) is 16.7 Å². The molecule has 2 amide bonds. The lowest BCUT2D eigenvalue weighted by Crippen LogP contribution is -2.48. The lowest BCUT2D eigenvalue weighted by molar-refractivity contribution is 0.251. The molecule has 0 unspecified atom stereocenters. The van der Waals surface area contributed by atoms with Crippen LogP contribution in [-0.2, 0) is 16.6 Å². The van der Waals surface area contributed by atoms with Crippen LogP contribution in [0.3, 0.4) is 0 Å². The first-order chi connectivity index (χ1) is 16.3. The van der Waals surface area contributed by atoms with Crippen molar-refractivity contribution in [3.63, 3.8) is 0 Å². The molecule has 0 aliphatic carbocycles. The van der Waals surface area contributed by atoms with E-state index >= 15 is 0 Å². The van der Waals surface area contributed by atoms with Crippen LogP contribution in [-0.4, -0.2) is 49.9 Å². The predicted octanol–water partition coefficient (Wildman–Crippen LogP) is 3.53. The molecule has 0 bridgehead atoms. The van der Waals surface area contributed by atoms with Gasteiger partial charge in [-0.1, -0.05) is 18.2 Å². The summed E-state index contributed by atoms with van der Waals surface area (Å²) in [5, 5.41) is 5.47. The molecule has 1 saturated heterocycles. The standard InChI is InChI=1S/C25H29N5O3S/c1-19-5-6-20(2)24(16-19)29-12-14-30(15-13-29)34(32,33)23-9-7-22(8-10-23)28-25(31)27-18-21-4-3-11-26-17-21/h3-11,16-17H,12-15,18H2,1-2H3,(H2,27,28,31). The van der Waals surface area contributed by atoms with Crippen LogP contribution in [0.25, 0.3) is 0 Å². The predicted molar refractivity (Wildman–Crippen MR) is 133 cm³/mol. The molecule has 2 heterocycles. The second-order valence-corrected chi connectivity index (χ2v) is 10.3. The van der Waals surface area contributed by atoms with Crippen LogP contribution in [0.4, 0.5) is 16.2 Å². The molecule has 9 heteroatoms. The molecule has 2 N–H and O–H groups in total. The van der Waals surface area contributed by atoms with E-state index in [1.165, 1.54) is 27.6 Å². The Hall–Kier alpha value is -3.43. The van der Waals surface area contributed by atoms with Crippen LogP contribution >= 0.6 is 0 Å². The van der Waals surface area contributed by atoms with Crippen molar-refractivity contribution < 1.29 is 13.2 Å². The van der Waals surface area contributed by atoms with E-state index in [0.29, 0.717) is 38.4 Å². The lowest BCUT2D eigenvalue weighted by Gasteiger charge is -2.36. The number of hydrogen-bond donors (Lipinski definition) is 2. The number of benzene rings is 2. The molecule has 1 aliphatic rings. The maximum atomic E-state index is 13.1. The Morgan fingerprint density at radius 3 is 2.41 bits per heavy atom. The fourth-order valence-corrected chi connectivity index (χ4v) is 5.37. The number of sulfonamides is 1. The highest BCUT2D eigenvalue weighted by Gasteiger charge is 2.29. The van der Waals surface area contributed by atoms with Crippen molar-refractivity contribution in [1.82, 2.24) is 14.6 Å². The fraction of sp³-hybridized carbons (Fsp3) is 0.280. The topological polar surface area (TPSA) is 94.6 Å². The van der Waals surface area contributed by atoms with E-state index in [4.69, 9.17) is 0 Å². The van der Waals surface area contributed by atoms with Gasteiger partial charge in [0.15, 0.2) is 0 Å². The zero-order valence-corrected chi connectivity index (χ0v) is 20.2. The van der Waals surface area contributed by atoms with Crippen LogP contribution in [0.15, 0.2) is 71.9 Å². The molecule has 8 nitrogen and oxygen atoms in total. The van der Waals surface area contributed by atoms with Crippen molar-refractivity contribution >= 4 is 27.4 Å². The van der Waals surface area contributed by atoms with Gasteiger partial charge in [-0.05, 0) is 66.9 Å². The highest BCUT2D eigenvalue weighted by Crippen LogP contribution is 2.25. The molecule has 4 rings (SSSR count). The van der Waals surface area contributed by atoms with Gasteiger partial charge in [0.2, 0.25) is 10.0 Å². The molecule has 0 radical (unpaired) electrons. The summed E-state index contributed by atoms with van der Waals surface area (Å²) >= 11 is 0. The molecule has 3 aromatic rings. The fourth-order valence-electron chi connectivity index (χ4n) is 3.95. The number of amides is 2. The second kappa shape index (κ2) is 10.2. The van der Waals surface area contributed by atoms with Gasteiger partial charge < -0.3 is 15.5 Å². The number of anilines is 2. The molecule has 34 heavy (non-hydrogen) atoms. The number of rotatable bonds is 6. The maximum Gasteiger partial charge on any atom is 0.319 e. The third-order valence-corrected chi connectivity index (χ3v) is 7.78. The van der Waals surface area contributed by atoms with E-state index in [0.717, 1.165) is 11.3 Å². The van der Waals surface area contributed by atoms with Crippen LogP contribution in [0.2, 0.25) is 0 Å². The molecular formula is C25H29N5O3S. The third kappa shape index (κ3) is 5.55. The monoisotopic (exact) mass is 479 g/mol. The van der Waals surface area contributed by atoms with Gasteiger partial charge in [0.1, 0.15) is 0 Å². The molecular weight excluding hydrogens is 450 g/mol. The van der Waals surface area contributed by atoms with E-state index < -0.39 is 10.0 Å². The number of aromatic nitrogens is 1. The Morgan fingerprint density at radius 2 is 1.74 bits per heavy atom. The number of nitrogens with zero attached hydrogens (tertiary/aromatic N) is 3. The summed E-state index contributed by atoms with van der Waals surface area (Å²) < 4.78 is 27.8. The van der Waals surface area contributed by atoms with Gasteiger partial charge in [0.05, 0.1) is 4.90 Å². The van der Waals surface area contributed by atoms with Crippen molar-refractivity contribution in [3.8, 4) is 0 Å². The van der Waals surface area contributed by atoms with E-state index in [2.05, 4.69) is 52.6 Å². The Morgan fingerprint density at radius 1 is 1.00 bits per heavy atom. The number of aryl methyl sites for hydroxylation is 2. The van der Waals surface area contributed by atoms with E-state index in [1.54, 1.807) is 30.6 Å². The van der Waals surface area contributed by atoms with Gasteiger partial charge in [-0.3, -0.25) is 4.98 Å². The van der Waals surface area contributed by atoms with E-state index in [1.807, 2.05) is 6.07 Å². The molecule has 1 aromatic heterocycles. The molecule has 1 fully saturated rings. The number of urea groups is 1. The average Bonchev–Trinajstić information content (AvgIpc) is 2.85. The van der Waals surface area contributed by atoms with Gasteiger partial charge in [-0.15, -0.1) is 0 Å². The number of hydrogen-bond acceptors (Lipinski definition) is 5. The highest BCUT2D eigenvalue weighted by molar-refractivity contribution is 7.89. The summed E-state index contributed by atoms with van der Waals surface area (Å²) in [5.74, 6) is 0. The van der Waals surface area contributed by atoms with Gasteiger partial charge in [0.25, 0.3) is 0 Å². The van der Waals surface area contributed by atoms with Crippen LogP contribution in [0, 0.1) is 13.8 Å². The van der Waals surface area contributed by atoms with Crippen LogP contribution < -0.4 is 15.5 Å². The van der Waals surface area contributed by atoms with Gasteiger partial charge in [-0.2, -0.15) is 4.31 Å². The third-order valence-electron chi connectivity index (χ3n) is 5.87. The molecule has 0 spiro atoms. The van der Waals surface area contributed by atoms with Gasteiger partial charge in [0, 0.05) is 56.5 Å². The maximum absolute atomic E-state index is 13.1. The van der Waals surface area contributed by atoms with E-state index in [9.17, 15) is 13.2 Å². The number of carbonyl (C=O) groups excluding carboxylic acids is 1. The lowest BCUT2D eigenvalue weighted by atomic mass is 10.1. The van der Waals surface area contributed by atoms with E-state index in [-0.39, 0.29) is 10.9 Å². The minimum atomic E-state index is -3.61. The first-order valence-electron chi connectivity index (χ1n) is 11.2. The first kappa shape index (κ1) is 23.7. The largest absolute Gasteiger partial charge is 0.369 e. The highest BCUT2D eigenvalue weighted by atomic mass is 32.2. The molecule has 2 aromatic carbocycles. The number of pyridine rings is 1. The quantitative estimate of drug-likeness (QED) is 0.564. The smallest absolute Gasteiger partial charge is 0.319 e. The number of piperazine rings is 1. The summed E-state index contributed by atoms with van der Waals surface area (Å²) in [7, 11) is -3.61. The van der Waals surface area contributed by atoms with Crippen molar-refractivity contribution in [2.75, 3.05) is 36.4 Å². The zero-order valence-electron chi connectivity index (χ0n) is 19.4. The minimum Gasteiger partial charge on any atom is -0.369 e. The zero-order chi connectivity index (χ0) is 24.1. The van der Waals surface area contributed by atoms with Gasteiger partial charge in [-0.25, -0.2) is 13.2 Å². The normalized spacial score (nSPS) is 14.6. The Labute approximate surface area is 200 Å². The first-order valence-corrected chi connectivity index (χ1v) is 12.6. The molecule has 0 saturated carbocycles.